The van der Waals surface area contributed by atoms with Crippen molar-refractivity contribution in [3.63, 3.8) is 0 Å². The average molecular weight is 458 g/mol. The van der Waals surface area contributed by atoms with Crippen LogP contribution in [-0.4, -0.2) is 39.9 Å². The summed E-state index contributed by atoms with van der Waals surface area (Å²) < 4.78 is 28.0. The minimum atomic E-state index is -3.74. The molecule has 0 aliphatic rings. The molecule has 0 bridgehead atoms. The number of amides is 1. The van der Waals surface area contributed by atoms with E-state index in [2.05, 4.69) is 20.3 Å². The van der Waals surface area contributed by atoms with E-state index in [9.17, 15) is 13.2 Å². The van der Waals surface area contributed by atoms with E-state index in [4.69, 9.17) is 0 Å². The summed E-state index contributed by atoms with van der Waals surface area (Å²) in [7, 11) is 0.199. The number of aryl methyl sites for hydroxylation is 2. The SMILES string of the molecule is Cc1ccc(NS(=O)(=O)c2ccc(C(=O)NCC(c3ccsc3)N(C)C)cc2)cc1C. The largest absolute Gasteiger partial charge is 0.350 e. The van der Waals surface area contributed by atoms with Crippen molar-refractivity contribution in [3.05, 3.63) is 81.5 Å². The van der Waals surface area contributed by atoms with E-state index in [1.165, 1.54) is 24.3 Å². The van der Waals surface area contributed by atoms with Gasteiger partial charge in [0.05, 0.1) is 10.9 Å². The Morgan fingerprint density at radius 1 is 1.03 bits per heavy atom. The fourth-order valence-corrected chi connectivity index (χ4v) is 4.92. The minimum Gasteiger partial charge on any atom is -0.350 e. The third kappa shape index (κ3) is 5.72. The van der Waals surface area contributed by atoms with Gasteiger partial charge in [-0.2, -0.15) is 11.3 Å². The van der Waals surface area contributed by atoms with Gasteiger partial charge in [0.15, 0.2) is 0 Å². The van der Waals surface area contributed by atoms with Crippen LogP contribution in [0.1, 0.15) is 33.1 Å². The van der Waals surface area contributed by atoms with Crippen LogP contribution in [0, 0.1) is 13.8 Å². The first-order chi connectivity index (χ1) is 14.7. The topological polar surface area (TPSA) is 78.5 Å². The monoisotopic (exact) mass is 457 g/mol. The van der Waals surface area contributed by atoms with Crippen molar-refractivity contribution in [2.24, 2.45) is 0 Å². The Bertz CT molecular complexity index is 1140. The number of hydrogen-bond acceptors (Lipinski definition) is 5. The lowest BCUT2D eigenvalue weighted by Crippen LogP contribution is -2.34. The van der Waals surface area contributed by atoms with E-state index in [1.54, 1.807) is 23.5 Å². The summed E-state index contributed by atoms with van der Waals surface area (Å²) in [5.41, 5.74) is 4.16. The van der Waals surface area contributed by atoms with Gasteiger partial charge in [0.25, 0.3) is 15.9 Å². The molecule has 1 amide bonds. The number of hydrogen-bond donors (Lipinski definition) is 2. The number of nitrogens with zero attached hydrogens (tertiary/aromatic N) is 1. The Labute approximate surface area is 188 Å². The average Bonchev–Trinajstić information content (AvgIpc) is 3.25. The third-order valence-electron chi connectivity index (χ3n) is 5.19. The highest BCUT2D eigenvalue weighted by Crippen LogP contribution is 2.21. The van der Waals surface area contributed by atoms with Crippen LogP contribution in [0.3, 0.4) is 0 Å². The number of carbonyl (C=O) groups is 1. The van der Waals surface area contributed by atoms with E-state index in [-0.39, 0.29) is 16.8 Å². The molecule has 6 nitrogen and oxygen atoms in total. The molecule has 2 N–H and O–H groups in total. The molecule has 0 spiro atoms. The van der Waals surface area contributed by atoms with Crippen LogP contribution < -0.4 is 10.0 Å². The molecule has 3 aromatic rings. The van der Waals surface area contributed by atoms with E-state index in [0.29, 0.717) is 17.8 Å². The lowest BCUT2D eigenvalue weighted by atomic mass is 10.1. The van der Waals surface area contributed by atoms with Gasteiger partial charge in [-0.05, 0) is 97.9 Å². The van der Waals surface area contributed by atoms with Crippen LogP contribution in [0.4, 0.5) is 5.69 Å². The Hall–Kier alpha value is -2.68. The molecule has 8 heteroatoms. The fraction of sp³-hybridized carbons (Fsp3) is 0.261. The van der Waals surface area contributed by atoms with Crippen molar-refractivity contribution in [2.45, 2.75) is 24.8 Å². The molecule has 1 atom stereocenters. The van der Waals surface area contributed by atoms with Gasteiger partial charge in [-0.15, -0.1) is 0 Å². The number of sulfonamides is 1. The standard InChI is InChI=1S/C23H27N3O3S2/c1-16-5-8-20(13-17(16)2)25-31(28,29)21-9-6-18(7-10-21)23(27)24-14-22(26(3)4)19-11-12-30-15-19/h5-13,15,22,25H,14H2,1-4H3,(H,24,27). The summed E-state index contributed by atoms with van der Waals surface area (Å²) in [5, 5.41) is 7.02. The summed E-state index contributed by atoms with van der Waals surface area (Å²) in [6.45, 7) is 4.36. The summed E-state index contributed by atoms with van der Waals surface area (Å²) >= 11 is 1.62. The van der Waals surface area contributed by atoms with Crippen LogP contribution in [0.2, 0.25) is 0 Å². The smallest absolute Gasteiger partial charge is 0.261 e. The molecule has 0 aliphatic carbocycles. The number of likely N-dealkylation sites (N-methyl/N-ethyl adjacent to an activating group) is 1. The Morgan fingerprint density at radius 3 is 2.32 bits per heavy atom. The molecule has 1 unspecified atom stereocenters. The predicted octanol–water partition coefficient (Wildman–Crippen LogP) is 4.20. The number of thiophene rings is 1. The molecule has 2 aromatic carbocycles. The van der Waals surface area contributed by atoms with Gasteiger partial charge in [-0.25, -0.2) is 8.42 Å². The third-order valence-corrected chi connectivity index (χ3v) is 7.29. The lowest BCUT2D eigenvalue weighted by Gasteiger charge is -2.24. The highest BCUT2D eigenvalue weighted by molar-refractivity contribution is 7.92. The zero-order chi connectivity index (χ0) is 22.6. The normalized spacial score (nSPS) is 12.5. The van der Waals surface area contributed by atoms with Crippen molar-refractivity contribution in [2.75, 3.05) is 25.4 Å². The van der Waals surface area contributed by atoms with E-state index in [0.717, 1.165) is 16.7 Å². The molecule has 0 saturated carbocycles. The summed E-state index contributed by atoms with van der Waals surface area (Å²) in [6.07, 6.45) is 0. The molecular weight excluding hydrogens is 430 g/mol. The lowest BCUT2D eigenvalue weighted by molar-refractivity contribution is 0.0942. The molecule has 0 saturated heterocycles. The quantitative estimate of drug-likeness (QED) is 0.531. The predicted molar refractivity (Wildman–Crippen MR) is 126 cm³/mol. The second-order valence-corrected chi connectivity index (χ2v) is 10.1. The number of carbonyl (C=O) groups excluding carboxylic acids is 1. The van der Waals surface area contributed by atoms with Gasteiger partial charge < -0.3 is 10.2 Å². The Kier molecular flexibility index (Phi) is 7.15. The maximum absolute atomic E-state index is 12.7. The van der Waals surface area contributed by atoms with Gasteiger partial charge >= 0.3 is 0 Å². The maximum atomic E-state index is 12.7. The van der Waals surface area contributed by atoms with E-state index in [1.807, 2.05) is 45.5 Å². The van der Waals surface area contributed by atoms with Crippen molar-refractivity contribution >= 4 is 33.0 Å². The van der Waals surface area contributed by atoms with Crippen LogP contribution in [0.5, 0.6) is 0 Å². The minimum absolute atomic E-state index is 0.0667. The van der Waals surface area contributed by atoms with Gasteiger partial charge in [0.2, 0.25) is 0 Å². The van der Waals surface area contributed by atoms with E-state index >= 15 is 0 Å². The van der Waals surface area contributed by atoms with Crippen LogP contribution in [0.25, 0.3) is 0 Å². The van der Waals surface area contributed by atoms with Crippen molar-refractivity contribution in [1.82, 2.24) is 10.2 Å². The first kappa shape index (κ1) is 23.0. The number of anilines is 1. The highest BCUT2D eigenvalue weighted by Gasteiger charge is 2.18. The van der Waals surface area contributed by atoms with Crippen LogP contribution in [-0.2, 0) is 10.0 Å². The van der Waals surface area contributed by atoms with Gasteiger partial charge in [0, 0.05) is 17.8 Å². The zero-order valence-corrected chi connectivity index (χ0v) is 19.7. The second kappa shape index (κ2) is 9.64. The fourth-order valence-electron chi connectivity index (χ4n) is 3.16. The summed E-state index contributed by atoms with van der Waals surface area (Å²) in [4.78, 5) is 14.7. The van der Waals surface area contributed by atoms with E-state index < -0.39 is 10.0 Å². The number of nitrogens with one attached hydrogen (secondary N) is 2. The first-order valence-electron chi connectivity index (χ1n) is 9.84. The van der Waals surface area contributed by atoms with Crippen molar-refractivity contribution in [3.8, 4) is 0 Å². The van der Waals surface area contributed by atoms with Crippen LogP contribution >= 0.6 is 11.3 Å². The van der Waals surface area contributed by atoms with Gasteiger partial charge in [-0.3, -0.25) is 9.52 Å². The summed E-state index contributed by atoms with van der Waals surface area (Å²) in [6, 6.07) is 13.5. The number of benzene rings is 2. The molecule has 0 aliphatic heterocycles. The van der Waals surface area contributed by atoms with Crippen LogP contribution in [0.15, 0.2) is 64.2 Å². The molecule has 0 radical (unpaired) electrons. The zero-order valence-electron chi connectivity index (χ0n) is 18.0. The van der Waals surface area contributed by atoms with Crippen molar-refractivity contribution in [1.29, 1.82) is 0 Å². The molecule has 31 heavy (non-hydrogen) atoms. The van der Waals surface area contributed by atoms with Gasteiger partial charge in [-0.1, -0.05) is 6.07 Å². The van der Waals surface area contributed by atoms with Gasteiger partial charge in [0.1, 0.15) is 0 Å². The Morgan fingerprint density at radius 2 is 1.74 bits per heavy atom. The Balaban J connectivity index is 1.67. The molecule has 1 heterocycles. The number of rotatable bonds is 8. The summed E-state index contributed by atoms with van der Waals surface area (Å²) in [5.74, 6) is -0.242. The molecule has 164 valence electrons. The molecular formula is C23H27N3O3S2. The second-order valence-electron chi connectivity index (χ2n) is 7.68. The first-order valence-corrected chi connectivity index (χ1v) is 12.3. The molecule has 1 aromatic heterocycles. The van der Waals surface area contributed by atoms with Crippen molar-refractivity contribution < 1.29 is 13.2 Å². The molecule has 0 fully saturated rings. The maximum Gasteiger partial charge on any atom is 0.261 e. The molecule has 3 rings (SSSR count). The highest BCUT2D eigenvalue weighted by atomic mass is 32.2.